The fraction of sp³-hybridized carbons (Fsp3) is 0.200. The molecule has 0 aliphatic carbocycles. The van der Waals surface area contributed by atoms with Gasteiger partial charge in [0.05, 0.1) is 23.1 Å². The molecule has 36 heavy (non-hydrogen) atoms. The van der Waals surface area contributed by atoms with Crippen molar-refractivity contribution in [1.82, 2.24) is 14.2 Å². The zero-order valence-electron chi connectivity index (χ0n) is 19.3. The maximum atomic E-state index is 13.6. The lowest BCUT2D eigenvalue weighted by molar-refractivity contribution is -0.142. The highest BCUT2D eigenvalue weighted by Crippen LogP contribution is 2.27. The summed E-state index contributed by atoms with van der Waals surface area (Å²) in [6.07, 6.45) is 2.65. The van der Waals surface area contributed by atoms with Crippen LogP contribution in [0.25, 0.3) is 0 Å². The van der Waals surface area contributed by atoms with Crippen molar-refractivity contribution in [2.24, 2.45) is 0 Å². The lowest BCUT2D eigenvalue weighted by Crippen LogP contribution is -2.46. The van der Waals surface area contributed by atoms with Gasteiger partial charge in [0.2, 0.25) is 10.0 Å². The second-order valence-electron chi connectivity index (χ2n) is 8.04. The Bertz CT molecular complexity index is 1360. The molecule has 3 aromatic rings. The van der Waals surface area contributed by atoms with E-state index in [1.165, 1.54) is 55.9 Å². The van der Waals surface area contributed by atoms with E-state index in [0.717, 1.165) is 9.21 Å². The number of carbonyl (C=O) groups is 3. The van der Waals surface area contributed by atoms with Gasteiger partial charge in [0.25, 0.3) is 11.8 Å². The van der Waals surface area contributed by atoms with Crippen LogP contribution in [0.1, 0.15) is 32.7 Å². The summed E-state index contributed by atoms with van der Waals surface area (Å²) in [6.45, 7) is -0.549. The number of rotatable bonds is 10. The summed E-state index contributed by atoms with van der Waals surface area (Å²) in [5.74, 6) is -2.06. The summed E-state index contributed by atoms with van der Waals surface area (Å²) in [5, 5.41) is 10.1. The zero-order valence-corrected chi connectivity index (χ0v) is 20.1. The number of imide groups is 1. The maximum absolute atomic E-state index is 13.6. The Balaban J connectivity index is 1.66. The molecule has 0 fully saturated rings. The molecule has 1 unspecified atom stereocenters. The molecule has 2 heterocycles. The molecular formula is C25H23N3O7S. The van der Waals surface area contributed by atoms with Gasteiger partial charge in [0.15, 0.2) is 0 Å². The molecule has 1 N–H and O–H groups in total. The van der Waals surface area contributed by atoms with Gasteiger partial charge >= 0.3 is 5.97 Å². The molecule has 2 amide bonds. The smallest absolute Gasteiger partial charge is 0.322 e. The number of aliphatic carboxylic acids is 1. The second-order valence-corrected chi connectivity index (χ2v) is 9.93. The number of sulfonamides is 1. The highest BCUT2D eigenvalue weighted by atomic mass is 32.2. The Morgan fingerprint density at radius 2 is 1.67 bits per heavy atom. The van der Waals surface area contributed by atoms with Crippen molar-refractivity contribution in [3.8, 4) is 5.75 Å². The lowest BCUT2D eigenvalue weighted by Gasteiger charge is -2.29. The Morgan fingerprint density at radius 1 is 1.03 bits per heavy atom. The molecule has 10 nitrogen and oxygen atoms in total. The fourth-order valence-electron chi connectivity index (χ4n) is 4.00. The van der Waals surface area contributed by atoms with Crippen molar-refractivity contribution in [1.29, 1.82) is 0 Å². The highest BCUT2D eigenvalue weighted by Gasteiger charge is 2.39. The molecule has 1 aromatic heterocycles. The van der Waals surface area contributed by atoms with Crippen LogP contribution in [-0.2, 0) is 21.4 Å². The number of carboxylic acid groups (broad SMARTS) is 1. The predicted octanol–water partition coefficient (Wildman–Crippen LogP) is 2.42. The number of methoxy groups -OCH3 is 1. The first kappa shape index (κ1) is 25.0. The number of benzene rings is 2. The van der Waals surface area contributed by atoms with E-state index < -0.39 is 33.8 Å². The van der Waals surface area contributed by atoms with Gasteiger partial charge in [-0.3, -0.25) is 24.3 Å². The molecule has 0 spiro atoms. The van der Waals surface area contributed by atoms with E-state index in [2.05, 4.69) is 4.98 Å². The number of carbonyl (C=O) groups excluding carboxylic acids is 2. The van der Waals surface area contributed by atoms with Crippen LogP contribution in [0, 0.1) is 0 Å². The van der Waals surface area contributed by atoms with Gasteiger partial charge in [-0.1, -0.05) is 18.2 Å². The van der Waals surface area contributed by atoms with Crippen molar-refractivity contribution in [2.45, 2.75) is 23.9 Å². The van der Waals surface area contributed by atoms with E-state index >= 15 is 0 Å². The minimum atomic E-state index is -4.31. The third-order valence-electron chi connectivity index (χ3n) is 5.86. The van der Waals surface area contributed by atoms with Crippen molar-refractivity contribution < 1.29 is 32.6 Å². The van der Waals surface area contributed by atoms with E-state index in [-0.39, 0.29) is 35.5 Å². The average molecular weight is 510 g/mol. The van der Waals surface area contributed by atoms with Crippen molar-refractivity contribution in [2.75, 3.05) is 13.7 Å². The first-order valence-electron chi connectivity index (χ1n) is 11.0. The molecule has 0 radical (unpaired) electrons. The Kier molecular flexibility index (Phi) is 7.13. The third kappa shape index (κ3) is 4.83. The van der Waals surface area contributed by atoms with Crippen LogP contribution >= 0.6 is 0 Å². The average Bonchev–Trinajstić information content (AvgIpc) is 3.13. The van der Waals surface area contributed by atoms with Crippen molar-refractivity contribution in [3.05, 3.63) is 89.7 Å². The Labute approximate surface area is 207 Å². The normalized spacial score (nSPS) is 14.1. The third-order valence-corrected chi connectivity index (χ3v) is 7.73. The molecule has 0 bridgehead atoms. The van der Waals surface area contributed by atoms with Crippen LogP contribution in [0.4, 0.5) is 0 Å². The summed E-state index contributed by atoms with van der Waals surface area (Å²) in [6, 6.07) is 13.6. The molecule has 0 saturated heterocycles. The summed E-state index contributed by atoms with van der Waals surface area (Å²) in [4.78, 5) is 42.6. The van der Waals surface area contributed by atoms with Gasteiger partial charge in [0.1, 0.15) is 11.8 Å². The first-order valence-corrected chi connectivity index (χ1v) is 12.4. The summed E-state index contributed by atoms with van der Waals surface area (Å²) < 4.78 is 33.2. The number of fused-ring (bicyclic) bond motifs is 1. The second kappa shape index (κ2) is 10.3. The monoisotopic (exact) mass is 509 g/mol. The minimum absolute atomic E-state index is 0.126. The quantitative estimate of drug-likeness (QED) is 0.412. The SMILES string of the molecule is COc1ccc(S(=O)(=O)N(Cc2cccnc2)C(CCN2C(=O)c3ccccc3C2=O)C(=O)O)cc1. The maximum Gasteiger partial charge on any atom is 0.322 e. The number of ether oxygens (including phenoxy) is 1. The van der Waals surface area contributed by atoms with E-state index in [1.54, 1.807) is 24.3 Å². The molecule has 2 aromatic carbocycles. The van der Waals surface area contributed by atoms with Crippen LogP contribution in [0.2, 0.25) is 0 Å². The van der Waals surface area contributed by atoms with Gasteiger partial charge in [-0.2, -0.15) is 4.31 Å². The van der Waals surface area contributed by atoms with Crippen molar-refractivity contribution >= 4 is 27.8 Å². The summed E-state index contributed by atoms with van der Waals surface area (Å²) >= 11 is 0. The van der Waals surface area contributed by atoms with Crippen LogP contribution < -0.4 is 4.74 Å². The number of hydrogen-bond donors (Lipinski definition) is 1. The van der Waals surface area contributed by atoms with Gasteiger partial charge in [-0.15, -0.1) is 0 Å². The number of aromatic nitrogens is 1. The van der Waals surface area contributed by atoms with Gasteiger partial charge in [-0.05, 0) is 54.4 Å². The van der Waals surface area contributed by atoms with Crippen LogP contribution in [0.3, 0.4) is 0 Å². The van der Waals surface area contributed by atoms with Crippen molar-refractivity contribution in [3.63, 3.8) is 0 Å². The predicted molar refractivity (Wildman–Crippen MR) is 128 cm³/mol. The topological polar surface area (TPSA) is 134 Å². The van der Waals surface area contributed by atoms with Gasteiger partial charge < -0.3 is 9.84 Å². The fourth-order valence-corrected chi connectivity index (χ4v) is 5.60. The molecule has 11 heteroatoms. The minimum Gasteiger partial charge on any atom is -0.497 e. The van der Waals surface area contributed by atoms with Crippen LogP contribution in [-0.4, -0.2) is 65.2 Å². The van der Waals surface area contributed by atoms with E-state index in [0.29, 0.717) is 11.3 Å². The molecule has 186 valence electrons. The standard InChI is InChI=1S/C25H23N3O7S/c1-35-18-8-10-19(11-9-18)36(33,34)28(16-17-5-4-13-26-15-17)22(25(31)32)12-14-27-23(29)20-6-2-3-7-21(20)24(27)30/h2-11,13,15,22H,12,14,16H2,1H3,(H,31,32). The molecule has 1 aliphatic rings. The molecule has 0 saturated carbocycles. The van der Waals surface area contributed by atoms with Crippen LogP contribution in [0.15, 0.2) is 78.0 Å². The Morgan fingerprint density at radius 3 is 2.19 bits per heavy atom. The van der Waals surface area contributed by atoms with E-state index in [1.807, 2.05) is 0 Å². The zero-order chi connectivity index (χ0) is 25.9. The van der Waals surface area contributed by atoms with Crippen LogP contribution in [0.5, 0.6) is 5.75 Å². The van der Waals surface area contributed by atoms with Gasteiger partial charge in [0, 0.05) is 25.5 Å². The Hall–Kier alpha value is -4.09. The van der Waals surface area contributed by atoms with E-state index in [9.17, 15) is 27.9 Å². The van der Waals surface area contributed by atoms with E-state index in [4.69, 9.17) is 4.74 Å². The molecule has 1 atom stereocenters. The number of pyridine rings is 1. The summed E-state index contributed by atoms with van der Waals surface area (Å²) in [5.41, 5.74) is 0.932. The first-order chi connectivity index (χ1) is 17.2. The highest BCUT2D eigenvalue weighted by molar-refractivity contribution is 7.89. The molecule has 1 aliphatic heterocycles. The number of nitrogens with zero attached hydrogens (tertiary/aromatic N) is 3. The number of hydrogen-bond acceptors (Lipinski definition) is 7. The largest absolute Gasteiger partial charge is 0.497 e. The number of carboxylic acids is 1. The lowest BCUT2D eigenvalue weighted by atomic mass is 10.1. The van der Waals surface area contributed by atoms with Gasteiger partial charge in [-0.25, -0.2) is 8.42 Å². The molecule has 4 rings (SSSR count). The molecular weight excluding hydrogens is 486 g/mol. The summed E-state index contributed by atoms with van der Waals surface area (Å²) in [7, 11) is -2.87. The number of amides is 2.